The average molecular weight is 488 g/mol. The molecule has 1 amide bonds. The summed E-state index contributed by atoms with van der Waals surface area (Å²) in [5, 5.41) is 3.66. The Morgan fingerprint density at radius 3 is 2.77 bits per heavy atom. The molecular weight excluding hydrogens is 462 g/mol. The van der Waals surface area contributed by atoms with Crippen LogP contribution in [0.3, 0.4) is 0 Å². The molecule has 3 heterocycles. The van der Waals surface area contributed by atoms with Crippen molar-refractivity contribution in [1.29, 1.82) is 0 Å². The van der Waals surface area contributed by atoms with Crippen LogP contribution in [-0.4, -0.2) is 33.5 Å². The van der Waals surface area contributed by atoms with E-state index in [0.717, 1.165) is 29.7 Å². The van der Waals surface area contributed by atoms with Crippen LogP contribution in [0.4, 0.5) is 11.5 Å². The lowest BCUT2D eigenvalue weighted by molar-refractivity contribution is -0.120. The molecule has 178 valence electrons. The first kappa shape index (κ1) is 23.1. The molecule has 0 radical (unpaired) electrons. The van der Waals surface area contributed by atoms with Gasteiger partial charge in [-0.15, -0.1) is 0 Å². The molecule has 35 heavy (non-hydrogen) atoms. The molecule has 2 aromatic heterocycles. The number of benzene rings is 2. The molecule has 0 unspecified atom stereocenters. The lowest BCUT2D eigenvalue weighted by Gasteiger charge is -2.32. The van der Waals surface area contributed by atoms with E-state index in [1.165, 1.54) is 0 Å². The van der Waals surface area contributed by atoms with Crippen molar-refractivity contribution < 1.29 is 4.79 Å². The van der Waals surface area contributed by atoms with E-state index in [0.29, 0.717) is 41.6 Å². The number of hydrogen-bond acceptors (Lipinski definition) is 5. The molecule has 4 aromatic rings. The molecule has 1 aliphatic heterocycles. The summed E-state index contributed by atoms with van der Waals surface area (Å²) in [5.74, 6) is 0.0426. The maximum atomic E-state index is 13.6. The molecule has 8 heteroatoms. The van der Waals surface area contributed by atoms with Crippen LogP contribution in [0.1, 0.15) is 24.0 Å². The number of carbonyl (C=O) groups is 1. The topological polar surface area (TPSA) is 80.1 Å². The summed E-state index contributed by atoms with van der Waals surface area (Å²) in [6, 6.07) is 18.9. The van der Waals surface area contributed by atoms with Crippen molar-refractivity contribution >= 4 is 40.2 Å². The van der Waals surface area contributed by atoms with Gasteiger partial charge in [0.25, 0.3) is 5.56 Å². The molecule has 1 fully saturated rings. The Bertz CT molecular complexity index is 1440. The lowest BCUT2D eigenvalue weighted by Crippen LogP contribution is -2.44. The van der Waals surface area contributed by atoms with Crippen LogP contribution >= 0.6 is 11.6 Å². The molecule has 7 nitrogen and oxygen atoms in total. The molecule has 0 saturated carbocycles. The van der Waals surface area contributed by atoms with E-state index >= 15 is 0 Å². The van der Waals surface area contributed by atoms with Gasteiger partial charge in [0, 0.05) is 30.0 Å². The third-order valence-corrected chi connectivity index (χ3v) is 6.64. The van der Waals surface area contributed by atoms with Gasteiger partial charge in [-0.1, -0.05) is 41.9 Å². The second-order valence-electron chi connectivity index (χ2n) is 8.89. The van der Waals surface area contributed by atoms with E-state index in [9.17, 15) is 9.59 Å². The van der Waals surface area contributed by atoms with Crippen LogP contribution in [0.15, 0.2) is 71.7 Å². The van der Waals surface area contributed by atoms with Gasteiger partial charge in [0.15, 0.2) is 11.5 Å². The largest absolute Gasteiger partial charge is 0.351 e. The Morgan fingerprint density at radius 1 is 1.14 bits per heavy atom. The first-order chi connectivity index (χ1) is 17.0. The molecular formula is C27H26ClN5O2. The summed E-state index contributed by atoms with van der Waals surface area (Å²) in [4.78, 5) is 37.8. The van der Waals surface area contributed by atoms with Crippen LogP contribution < -0.4 is 15.8 Å². The summed E-state index contributed by atoms with van der Waals surface area (Å²) in [6.07, 6.45) is 3.22. The maximum absolute atomic E-state index is 13.6. The van der Waals surface area contributed by atoms with Crippen LogP contribution in [0.25, 0.3) is 11.2 Å². The van der Waals surface area contributed by atoms with Crippen molar-refractivity contribution in [3.63, 3.8) is 0 Å². The number of fused-ring (bicyclic) bond motifs is 1. The summed E-state index contributed by atoms with van der Waals surface area (Å²) in [5.41, 5.74) is 3.67. The number of amides is 1. The number of piperidine rings is 1. The van der Waals surface area contributed by atoms with Crippen molar-refractivity contribution in [3.05, 3.63) is 93.4 Å². The van der Waals surface area contributed by atoms with E-state index in [1.807, 2.05) is 66.4 Å². The minimum atomic E-state index is -0.257. The molecule has 5 rings (SSSR count). The maximum Gasteiger partial charge on any atom is 0.295 e. The molecule has 1 saturated heterocycles. The number of anilines is 2. The van der Waals surface area contributed by atoms with Gasteiger partial charge in [-0.3, -0.25) is 14.2 Å². The summed E-state index contributed by atoms with van der Waals surface area (Å²) in [7, 11) is 0. The number of aromatic nitrogens is 3. The first-order valence-electron chi connectivity index (χ1n) is 11.7. The zero-order valence-corrected chi connectivity index (χ0v) is 20.2. The summed E-state index contributed by atoms with van der Waals surface area (Å²) in [6.45, 7) is 3.41. The highest BCUT2D eigenvalue weighted by Gasteiger charge is 2.29. The molecule has 0 bridgehead atoms. The number of carbonyl (C=O) groups excluding carboxylic acids is 1. The van der Waals surface area contributed by atoms with E-state index in [1.54, 1.807) is 16.8 Å². The van der Waals surface area contributed by atoms with Gasteiger partial charge in [-0.05, 0) is 61.2 Å². The van der Waals surface area contributed by atoms with Crippen LogP contribution in [0.5, 0.6) is 0 Å². The SMILES string of the molecule is Cc1cc(Cl)ccc1NC(=O)[C@H]1CCCN(c2nc3cccnc3n(Cc3ccccc3)c2=O)C1. The lowest BCUT2D eigenvalue weighted by atomic mass is 9.97. The average Bonchev–Trinajstić information content (AvgIpc) is 2.88. The quantitative estimate of drug-likeness (QED) is 0.443. The van der Waals surface area contributed by atoms with E-state index in [-0.39, 0.29) is 17.4 Å². The van der Waals surface area contributed by atoms with Gasteiger partial charge >= 0.3 is 0 Å². The van der Waals surface area contributed by atoms with Crippen molar-refractivity contribution in [2.45, 2.75) is 26.3 Å². The molecule has 0 aliphatic carbocycles. The molecule has 2 aromatic carbocycles. The van der Waals surface area contributed by atoms with Crippen molar-refractivity contribution in [1.82, 2.24) is 14.5 Å². The van der Waals surface area contributed by atoms with Crippen molar-refractivity contribution in [2.75, 3.05) is 23.3 Å². The fourth-order valence-electron chi connectivity index (χ4n) is 4.57. The fourth-order valence-corrected chi connectivity index (χ4v) is 4.79. The zero-order chi connectivity index (χ0) is 24.4. The third-order valence-electron chi connectivity index (χ3n) is 6.41. The first-order valence-corrected chi connectivity index (χ1v) is 12.1. The van der Waals surface area contributed by atoms with Gasteiger partial charge in [-0.25, -0.2) is 9.97 Å². The Morgan fingerprint density at radius 2 is 1.97 bits per heavy atom. The van der Waals surface area contributed by atoms with E-state index in [2.05, 4.69) is 15.3 Å². The van der Waals surface area contributed by atoms with Crippen molar-refractivity contribution in [3.8, 4) is 0 Å². The minimum Gasteiger partial charge on any atom is -0.351 e. The van der Waals surface area contributed by atoms with Crippen molar-refractivity contribution in [2.24, 2.45) is 5.92 Å². The Kier molecular flexibility index (Phi) is 6.51. The Balaban J connectivity index is 1.44. The van der Waals surface area contributed by atoms with Crippen LogP contribution in [0, 0.1) is 12.8 Å². The second kappa shape index (κ2) is 9.88. The zero-order valence-electron chi connectivity index (χ0n) is 19.4. The highest BCUT2D eigenvalue weighted by atomic mass is 35.5. The highest BCUT2D eigenvalue weighted by Crippen LogP contribution is 2.25. The summed E-state index contributed by atoms with van der Waals surface area (Å²) < 4.78 is 1.67. The number of aryl methyl sites for hydroxylation is 1. The number of halogens is 1. The van der Waals surface area contributed by atoms with Gasteiger partial charge in [0.05, 0.1) is 12.5 Å². The molecule has 0 spiro atoms. The van der Waals surface area contributed by atoms with Gasteiger partial charge < -0.3 is 10.2 Å². The predicted molar refractivity (Wildman–Crippen MR) is 139 cm³/mol. The Labute approximate surface area is 208 Å². The molecule has 1 aliphatic rings. The van der Waals surface area contributed by atoms with Crippen LogP contribution in [-0.2, 0) is 11.3 Å². The predicted octanol–water partition coefficient (Wildman–Crippen LogP) is 4.66. The summed E-state index contributed by atoms with van der Waals surface area (Å²) >= 11 is 6.05. The van der Waals surface area contributed by atoms with Gasteiger partial charge in [0.1, 0.15) is 5.52 Å². The number of rotatable bonds is 5. The standard InChI is InChI=1S/C27H26ClN5O2/c1-18-15-21(28)11-12-22(18)31-26(34)20-9-6-14-32(17-20)25-27(35)33(16-19-7-3-2-4-8-19)24-23(30-25)10-5-13-29-24/h2-5,7-8,10-13,15,20H,6,9,14,16-17H2,1H3,(H,31,34)/t20-/m0/s1. The number of nitrogens with zero attached hydrogens (tertiary/aromatic N) is 4. The Hall–Kier alpha value is -3.71. The molecule has 1 atom stereocenters. The normalized spacial score (nSPS) is 15.8. The number of hydrogen-bond donors (Lipinski definition) is 1. The molecule has 1 N–H and O–H groups in total. The van der Waals surface area contributed by atoms with E-state index in [4.69, 9.17) is 11.6 Å². The monoisotopic (exact) mass is 487 g/mol. The van der Waals surface area contributed by atoms with Gasteiger partial charge in [0.2, 0.25) is 5.91 Å². The second-order valence-corrected chi connectivity index (χ2v) is 9.33. The number of pyridine rings is 1. The fraction of sp³-hybridized carbons (Fsp3) is 0.259. The van der Waals surface area contributed by atoms with Gasteiger partial charge in [-0.2, -0.15) is 0 Å². The smallest absolute Gasteiger partial charge is 0.295 e. The third kappa shape index (κ3) is 4.91. The number of nitrogens with one attached hydrogen (secondary N) is 1. The minimum absolute atomic E-state index is 0.0628. The van der Waals surface area contributed by atoms with Crippen LogP contribution in [0.2, 0.25) is 5.02 Å². The van der Waals surface area contributed by atoms with E-state index < -0.39 is 0 Å². The highest BCUT2D eigenvalue weighted by molar-refractivity contribution is 6.30.